The Balaban J connectivity index is 1.39. The number of fused-ring (bicyclic) bond motifs is 1. The van der Waals surface area contributed by atoms with Gasteiger partial charge in [-0.05, 0) is 22.8 Å². The van der Waals surface area contributed by atoms with Crippen LogP contribution in [0.4, 0.5) is 5.82 Å². The first-order chi connectivity index (χ1) is 21.1. The molecule has 1 aliphatic rings. The van der Waals surface area contributed by atoms with Gasteiger partial charge in [-0.15, -0.1) is 0 Å². The van der Waals surface area contributed by atoms with Crippen LogP contribution in [0.1, 0.15) is 22.4 Å². The highest BCUT2D eigenvalue weighted by molar-refractivity contribution is 6.37. The van der Waals surface area contributed by atoms with Crippen molar-refractivity contribution in [3.63, 3.8) is 0 Å². The fourth-order valence-corrected chi connectivity index (χ4v) is 5.60. The van der Waals surface area contributed by atoms with Gasteiger partial charge >= 0.3 is 0 Å². The van der Waals surface area contributed by atoms with E-state index in [1.807, 2.05) is 105 Å². The van der Waals surface area contributed by atoms with E-state index in [0.717, 1.165) is 22.2 Å². The third-order valence-corrected chi connectivity index (χ3v) is 7.67. The van der Waals surface area contributed by atoms with Crippen molar-refractivity contribution in [3.05, 3.63) is 126 Å². The molecule has 0 unspecified atom stereocenters. The summed E-state index contributed by atoms with van der Waals surface area (Å²) in [7, 11) is 1.91. The third-order valence-electron chi connectivity index (χ3n) is 7.67. The van der Waals surface area contributed by atoms with Crippen molar-refractivity contribution in [1.29, 1.82) is 5.26 Å². The summed E-state index contributed by atoms with van der Waals surface area (Å²) in [6, 6.07) is 34.0. The lowest BCUT2D eigenvalue weighted by Crippen LogP contribution is -2.44. The van der Waals surface area contributed by atoms with Crippen LogP contribution >= 0.6 is 0 Å². The van der Waals surface area contributed by atoms with E-state index in [4.69, 9.17) is 24.7 Å². The lowest BCUT2D eigenvalue weighted by Gasteiger charge is -2.29. The molecule has 1 fully saturated rings. The van der Waals surface area contributed by atoms with Gasteiger partial charge in [-0.25, -0.2) is 9.50 Å². The summed E-state index contributed by atoms with van der Waals surface area (Å²) in [6.45, 7) is 1.13. The number of ether oxygens (including phenoxy) is 4. The van der Waals surface area contributed by atoms with Crippen molar-refractivity contribution in [3.8, 4) is 6.07 Å². The van der Waals surface area contributed by atoms with Crippen LogP contribution in [0.15, 0.2) is 103 Å². The van der Waals surface area contributed by atoms with Crippen molar-refractivity contribution in [2.24, 2.45) is 0 Å². The molecule has 0 saturated carbocycles. The van der Waals surface area contributed by atoms with Crippen LogP contribution in [0.2, 0.25) is 0 Å². The SMILES string of the molecule is Bc1cc([C@]2(C#N)O[C@H](COCc3ccccc3)[C@@H](OCc3ccccc3)[C@H]2OCc2ccccc2)n2ncnc(N)c12. The Labute approximate surface area is 251 Å². The molecule has 2 N–H and O–H groups in total. The summed E-state index contributed by atoms with van der Waals surface area (Å²) in [6.07, 6.45) is -0.739. The molecule has 1 saturated heterocycles. The zero-order chi connectivity index (χ0) is 29.6. The predicted molar refractivity (Wildman–Crippen MR) is 164 cm³/mol. The van der Waals surface area contributed by atoms with Gasteiger partial charge in [0.25, 0.3) is 0 Å². The Morgan fingerprint density at radius 3 is 2.07 bits per heavy atom. The quantitative estimate of drug-likeness (QED) is 0.240. The zero-order valence-electron chi connectivity index (χ0n) is 23.9. The van der Waals surface area contributed by atoms with Gasteiger partial charge in [-0.1, -0.05) is 96.5 Å². The Kier molecular flexibility index (Phi) is 8.49. The van der Waals surface area contributed by atoms with Crippen LogP contribution in [0.5, 0.6) is 0 Å². The highest BCUT2D eigenvalue weighted by Crippen LogP contribution is 2.44. The summed E-state index contributed by atoms with van der Waals surface area (Å²) in [5.41, 5.74) is 9.56. The molecule has 3 aromatic carbocycles. The summed E-state index contributed by atoms with van der Waals surface area (Å²) in [4.78, 5) is 4.16. The van der Waals surface area contributed by atoms with E-state index in [-0.39, 0.29) is 13.2 Å². The number of nitrogens with two attached hydrogens (primary N) is 1. The summed E-state index contributed by atoms with van der Waals surface area (Å²) in [5.74, 6) is 0.311. The number of benzene rings is 3. The summed E-state index contributed by atoms with van der Waals surface area (Å²) in [5, 5.41) is 15.4. The molecule has 0 bridgehead atoms. The molecule has 2 aromatic heterocycles. The molecule has 0 amide bonds. The van der Waals surface area contributed by atoms with Crippen molar-refractivity contribution in [1.82, 2.24) is 14.6 Å². The maximum Gasteiger partial charge on any atom is 0.225 e. The van der Waals surface area contributed by atoms with Crippen molar-refractivity contribution >= 4 is 24.6 Å². The van der Waals surface area contributed by atoms with E-state index < -0.39 is 23.9 Å². The second-order valence-corrected chi connectivity index (χ2v) is 10.6. The average Bonchev–Trinajstić information content (AvgIpc) is 3.55. The van der Waals surface area contributed by atoms with E-state index in [1.165, 1.54) is 6.33 Å². The van der Waals surface area contributed by atoms with Crippen LogP contribution in [0, 0.1) is 11.3 Å². The van der Waals surface area contributed by atoms with Gasteiger partial charge in [0.15, 0.2) is 5.82 Å². The van der Waals surface area contributed by atoms with E-state index >= 15 is 0 Å². The topological polar surface area (TPSA) is 117 Å². The largest absolute Gasteiger partial charge is 0.382 e. The fraction of sp³-hybridized carbons (Fsp3) is 0.242. The molecular weight excluding hydrogens is 541 g/mol. The van der Waals surface area contributed by atoms with Gasteiger partial charge in [-0.2, -0.15) is 10.4 Å². The molecule has 4 atom stereocenters. The van der Waals surface area contributed by atoms with Crippen LogP contribution in [-0.4, -0.2) is 47.4 Å². The number of rotatable bonds is 11. The lowest BCUT2D eigenvalue weighted by atomic mass is 9.90. The summed E-state index contributed by atoms with van der Waals surface area (Å²) < 4.78 is 27.7. The fourth-order valence-electron chi connectivity index (χ4n) is 5.60. The van der Waals surface area contributed by atoms with Crippen molar-refractivity contribution in [2.75, 3.05) is 12.3 Å². The molecule has 0 radical (unpaired) electrons. The minimum absolute atomic E-state index is 0.183. The number of nitriles is 1. The van der Waals surface area contributed by atoms with E-state index in [2.05, 4.69) is 16.2 Å². The minimum Gasteiger partial charge on any atom is -0.382 e. The molecule has 10 heteroatoms. The molecule has 0 spiro atoms. The molecule has 216 valence electrons. The number of hydrogen-bond donors (Lipinski definition) is 1. The minimum atomic E-state index is -1.59. The Hall–Kier alpha value is -4.53. The van der Waals surface area contributed by atoms with Crippen LogP contribution in [-0.2, 0) is 44.4 Å². The first-order valence-corrected chi connectivity index (χ1v) is 14.2. The molecule has 6 rings (SSSR count). The van der Waals surface area contributed by atoms with E-state index in [0.29, 0.717) is 30.2 Å². The number of anilines is 1. The predicted octanol–water partition coefficient (Wildman–Crippen LogP) is 3.08. The van der Waals surface area contributed by atoms with Gasteiger partial charge < -0.3 is 24.7 Å². The molecule has 3 heterocycles. The Bertz CT molecular complexity index is 1700. The normalized spacial score (nSPS) is 21.6. The molecule has 9 nitrogen and oxygen atoms in total. The zero-order valence-corrected chi connectivity index (χ0v) is 23.9. The van der Waals surface area contributed by atoms with Gasteiger partial charge in [0.2, 0.25) is 5.60 Å². The smallest absolute Gasteiger partial charge is 0.225 e. The average molecular weight is 573 g/mol. The molecule has 43 heavy (non-hydrogen) atoms. The molecular formula is C33H32BN5O4. The number of nitrogens with zero attached hydrogens (tertiary/aromatic N) is 4. The van der Waals surface area contributed by atoms with Gasteiger partial charge in [0.05, 0.1) is 32.1 Å². The van der Waals surface area contributed by atoms with Gasteiger partial charge in [-0.3, -0.25) is 0 Å². The highest BCUT2D eigenvalue weighted by atomic mass is 16.6. The lowest BCUT2D eigenvalue weighted by molar-refractivity contribution is -0.0971. The second-order valence-electron chi connectivity index (χ2n) is 10.6. The van der Waals surface area contributed by atoms with Gasteiger partial charge in [0.1, 0.15) is 44.1 Å². The second kappa shape index (κ2) is 12.8. The Morgan fingerprint density at radius 1 is 0.884 bits per heavy atom. The monoisotopic (exact) mass is 573 g/mol. The number of hydrogen-bond acceptors (Lipinski definition) is 8. The first-order valence-electron chi connectivity index (χ1n) is 14.2. The van der Waals surface area contributed by atoms with Crippen molar-refractivity contribution < 1.29 is 18.9 Å². The van der Waals surface area contributed by atoms with Crippen LogP contribution in [0.3, 0.4) is 0 Å². The standard InChI is InChI=1S/C33H32BN5O4/c34-26-16-28(39-29(26)32(36)37-22-38-39)33(21-35)31(42-19-25-14-8-3-9-15-25)30(41-18-24-12-6-2-7-13-24)27(43-33)20-40-17-23-10-4-1-5-11-23/h1-16,22,27,30-31H,17-20,34H2,(H2,36,37,38)/t27-,30-,31-,33+/m1/s1. The first kappa shape index (κ1) is 28.6. The number of nitrogen functional groups attached to an aromatic ring is 1. The third kappa shape index (κ3) is 5.89. The van der Waals surface area contributed by atoms with Crippen molar-refractivity contribution in [2.45, 2.75) is 43.7 Å². The maximum absolute atomic E-state index is 11.0. The molecule has 1 aliphatic heterocycles. The number of aromatic nitrogens is 3. The van der Waals surface area contributed by atoms with Crippen LogP contribution in [0.25, 0.3) is 5.52 Å². The maximum atomic E-state index is 11.0. The van der Waals surface area contributed by atoms with Gasteiger partial charge in [0, 0.05) is 0 Å². The molecule has 0 aliphatic carbocycles. The van der Waals surface area contributed by atoms with E-state index in [9.17, 15) is 5.26 Å². The van der Waals surface area contributed by atoms with Crippen LogP contribution < -0.4 is 11.2 Å². The Morgan fingerprint density at radius 2 is 1.47 bits per heavy atom. The highest BCUT2D eigenvalue weighted by Gasteiger charge is 2.60. The van der Waals surface area contributed by atoms with E-state index in [1.54, 1.807) is 4.52 Å². The molecule has 5 aromatic rings. The summed E-state index contributed by atoms with van der Waals surface area (Å²) >= 11 is 0.